The van der Waals surface area contributed by atoms with Crippen LogP contribution < -0.4 is 10.1 Å². The molecule has 1 heterocycles. The first-order chi connectivity index (χ1) is 8.29. The highest BCUT2D eigenvalue weighted by molar-refractivity contribution is 5.24. The Hall–Kier alpha value is -1.74. The van der Waals surface area contributed by atoms with Crippen LogP contribution in [0.1, 0.15) is 17.1 Å². The summed E-state index contributed by atoms with van der Waals surface area (Å²) in [5.41, 5.74) is 1.10. The fourth-order valence-electron chi connectivity index (χ4n) is 1.67. The van der Waals surface area contributed by atoms with Gasteiger partial charge in [-0.1, -0.05) is 18.2 Å². The van der Waals surface area contributed by atoms with E-state index in [2.05, 4.69) is 5.32 Å². The van der Waals surface area contributed by atoms with Gasteiger partial charge in [0.2, 0.25) is 0 Å². The minimum absolute atomic E-state index is 0.545. The van der Waals surface area contributed by atoms with Crippen molar-refractivity contribution in [3.05, 3.63) is 53.5 Å². The SMILES string of the molecule is CNCc1cc(COc2ccccc2)c(C)o1. The van der Waals surface area contributed by atoms with E-state index in [0.29, 0.717) is 6.61 Å². The van der Waals surface area contributed by atoms with E-state index in [0.717, 1.165) is 29.4 Å². The van der Waals surface area contributed by atoms with Crippen molar-refractivity contribution in [3.8, 4) is 5.75 Å². The molecule has 0 unspecified atom stereocenters. The first-order valence-corrected chi connectivity index (χ1v) is 5.70. The summed E-state index contributed by atoms with van der Waals surface area (Å²) in [5, 5.41) is 3.06. The molecule has 2 aromatic rings. The summed E-state index contributed by atoms with van der Waals surface area (Å²) in [7, 11) is 1.90. The van der Waals surface area contributed by atoms with Crippen LogP contribution in [0, 0.1) is 6.92 Å². The van der Waals surface area contributed by atoms with E-state index in [1.54, 1.807) is 0 Å². The lowest BCUT2D eigenvalue weighted by Crippen LogP contribution is -2.03. The summed E-state index contributed by atoms with van der Waals surface area (Å²) in [6.45, 7) is 3.25. The van der Waals surface area contributed by atoms with E-state index < -0.39 is 0 Å². The van der Waals surface area contributed by atoms with Crippen LogP contribution in [-0.2, 0) is 13.2 Å². The molecule has 1 aromatic carbocycles. The molecule has 0 atom stereocenters. The van der Waals surface area contributed by atoms with E-state index in [-0.39, 0.29) is 0 Å². The molecule has 17 heavy (non-hydrogen) atoms. The molecular weight excluding hydrogens is 214 g/mol. The number of aryl methyl sites for hydroxylation is 1. The van der Waals surface area contributed by atoms with E-state index in [1.807, 2.05) is 50.4 Å². The Morgan fingerprint density at radius 1 is 1.24 bits per heavy atom. The van der Waals surface area contributed by atoms with Crippen molar-refractivity contribution in [2.24, 2.45) is 0 Å². The first-order valence-electron chi connectivity index (χ1n) is 5.70. The zero-order valence-electron chi connectivity index (χ0n) is 10.2. The molecule has 0 amide bonds. The highest BCUT2D eigenvalue weighted by atomic mass is 16.5. The lowest BCUT2D eigenvalue weighted by atomic mass is 10.2. The van der Waals surface area contributed by atoms with Gasteiger partial charge in [-0.25, -0.2) is 0 Å². The van der Waals surface area contributed by atoms with E-state index in [4.69, 9.17) is 9.15 Å². The fourth-order valence-corrected chi connectivity index (χ4v) is 1.67. The second kappa shape index (κ2) is 5.55. The molecular formula is C14H17NO2. The topological polar surface area (TPSA) is 34.4 Å². The Morgan fingerprint density at radius 2 is 2.00 bits per heavy atom. The number of benzene rings is 1. The number of hydrogen-bond acceptors (Lipinski definition) is 3. The van der Waals surface area contributed by atoms with Crippen molar-refractivity contribution in [1.29, 1.82) is 0 Å². The third-order valence-corrected chi connectivity index (χ3v) is 2.56. The van der Waals surface area contributed by atoms with Gasteiger partial charge in [-0.3, -0.25) is 0 Å². The Morgan fingerprint density at radius 3 is 2.71 bits per heavy atom. The molecule has 0 aliphatic carbocycles. The van der Waals surface area contributed by atoms with Crippen LogP contribution in [0.15, 0.2) is 40.8 Å². The molecule has 90 valence electrons. The molecule has 0 fully saturated rings. The number of para-hydroxylation sites is 1. The van der Waals surface area contributed by atoms with Gasteiger partial charge in [-0.05, 0) is 32.2 Å². The highest BCUT2D eigenvalue weighted by Gasteiger charge is 2.07. The maximum atomic E-state index is 5.68. The minimum Gasteiger partial charge on any atom is -0.489 e. The molecule has 3 heteroatoms. The molecule has 0 aliphatic rings. The van der Waals surface area contributed by atoms with Gasteiger partial charge in [0.15, 0.2) is 0 Å². The Bertz CT molecular complexity index is 462. The number of rotatable bonds is 5. The number of ether oxygens (including phenoxy) is 1. The Balaban J connectivity index is 1.99. The van der Waals surface area contributed by atoms with Gasteiger partial charge in [-0.2, -0.15) is 0 Å². The van der Waals surface area contributed by atoms with Crippen LogP contribution in [-0.4, -0.2) is 7.05 Å². The molecule has 1 N–H and O–H groups in total. The summed E-state index contributed by atoms with van der Waals surface area (Å²) >= 11 is 0. The maximum absolute atomic E-state index is 5.68. The predicted molar refractivity (Wildman–Crippen MR) is 67.0 cm³/mol. The third-order valence-electron chi connectivity index (χ3n) is 2.56. The van der Waals surface area contributed by atoms with Gasteiger partial charge in [0.1, 0.15) is 23.9 Å². The fraction of sp³-hybridized carbons (Fsp3) is 0.286. The van der Waals surface area contributed by atoms with Crippen molar-refractivity contribution in [2.45, 2.75) is 20.1 Å². The molecule has 0 saturated carbocycles. The lowest BCUT2D eigenvalue weighted by Gasteiger charge is -2.04. The van der Waals surface area contributed by atoms with Crippen LogP contribution in [0.2, 0.25) is 0 Å². The molecule has 0 spiro atoms. The van der Waals surface area contributed by atoms with Crippen LogP contribution >= 0.6 is 0 Å². The molecule has 0 saturated heterocycles. The van der Waals surface area contributed by atoms with Gasteiger partial charge >= 0.3 is 0 Å². The second-order valence-corrected chi connectivity index (χ2v) is 3.93. The largest absolute Gasteiger partial charge is 0.489 e. The molecule has 0 bridgehead atoms. The maximum Gasteiger partial charge on any atom is 0.119 e. The van der Waals surface area contributed by atoms with Gasteiger partial charge in [0.05, 0.1) is 6.54 Å². The Kier molecular flexibility index (Phi) is 3.83. The smallest absolute Gasteiger partial charge is 0.119 e. The highest BCUT2D eigenvalue weighted by Crippen LogP contribution is 2.17. The normalized spacial score (nSPS) is 10.5. The van der Waals surface area contributed by atoms with Crippen molar-refractivity contribution < 1.29 is 9.15 Å². The van der Waals surface area contributed by atoms with Crippen molar-refractivity contribution in [1.82, 2.24) is 5.32 Å². The third kappa shape index (κ3) is 3.11. The molecule has 0 radical (unpaired) electrons. The summed E-state index contributed by atoms with van der Waals surface area (Å²) in [6, 6.07) is 11.8. The average Bonchev–Trinajstić information content (AvgIpc) is 2.69. The summed E-state index contributed by atoms with van der Waals surface area (Å²) < 4.78 is 11.3. The summed E-state index contributed by atoms with van der Waals surface area (Å²) in [6.07, 6.45) is 0. The quantitative estimate of drug-likeness (QED) is 0.859. The van der Waals surface area contributed by atoms with Gasteiger partial charge in [0.25, 0.3) is 0 Å². The monoisotopic (exact) mass is 231 g/mol. The minimum atomic E-state index is 0.545. The van der Waals surface area contributed by atoms with Crippen LogP contribution in [0.5, 0.6) is 5.75 Å². The summed E-state index contributed by atoms with van der Waals surface area (Å²) in [4.78, 5) is 0. The van der Waals surface area contributed by atoms with E-state index in [9.17, 15) is 0 Å². The van der Waals surface area contributed by atoms with Crippen LogP contribution in [0.3, 0.4) is 0 Å². The van der Waals surface area contributed by atoms with Crippen molar-refractivity contribution >= 4 is 0 Å². The zero-order chi connectivity index (χ0) is 12.1. The summed E-state index contributed by atoms with van der Waals surface area (Å²) in [5.74, 6) is 2.74. The number of furan rings is 1. The van der Waals surface area contributed by atoms with Gasteiger partial charge in [-0.15, -0.1) is 0 Å². The standard InChI is InChI=1S/C14H17NO2/c1-11-12(8-14(17-11)9-15-2)10-16-13-6-4-3-5-7-13/h3-8,15H,9-10H2,1-2H3. The lowest BCUT2D eigenvalue weighted by molar-refractivity contribution is 0.303. The molecule has 2 rings (SSSR count). The Labute approximate surface area is 101 Å². The molecule has 0 aliphatic heterocycles. The van der Waals surface area contributed by atoms with Gasteiger partial charge < -0.3 is 14.5 Å². The molecule has 3 nitrogen and oxygen atoms in total. The predicted octanol–water partition coefficient (Wildman–Crippen LogP) is 2.89. The molecule has 1 aromatic heterocycles. The van der Waals surface area contributed by atoms with Gasteiger partial charge in [0, 0.05) is 5.56 Å². The van der Waals surface area contributed by atoms with Crippen LogP contribution in [0.4, 0.5) is 0 Å². The number of nitrogens with one attached hydrogen (secondary N) is 1. The first kappa shape index (κ1) is 11.7. The van der Waals surface area contributed by atoms with E-state index in [1.165, 1.54) is 0 Å². The van der Waals surface area contributed by atoms with Crippen LogP contribution in [0.25, 0.3) is 0 Å². The average molecular weight is 231 g/mol. The van der Waals surface area contributed by atoms with Crippen molar-refractivity contribution in [2.75, 3.05) is 7.05 Å². The zero-order valence-corrected chi connectivity index (χ0v) is 10.2. The van der Waals surface area contributed by atoms with E-state index >= 15 is 0 Å². The second-order valence-electron chi connectivity index (χ2n) is 3.93. The van der Waals surface area contributed by atoms with Crippen molar-refractivity contribution in [3.63, 3.8) is 0 Å². The number of hydrogen-bond donors (Lipinski definition) is 1.